The van der Waals surface area contributed by atoms with E-state index in [2.05, 4.69) is 18.7 Å². The molecule has 0 atom stereocenters. The van der Waals surface area contributed by atoms with Gasteiger partial charge < -0.3 is 15.4 Å². The van der Waals surface area contributed by atoms with E-state index < -0.39 is 0 Å². The summed E-state index contributed by atoms with van der Waals surface area (Å²) in [5, 5.41) is 1.01. The first-order valence-corrected chi connectivity index (χ1v) is 7.30. The number of nitrogen functional groups attached to an aromatic ring is 1. The number of hydrogen-bond acceptors (Lipinski definition) is 3. The molecule has 0 aliphatic carbocycles. The summed E-state index contributed by atoms with van der Waals surface area (Å²) in [6.45, 7) is 5.77. The van der Waals surface area contributed by atoms with Crippen molar-refractivity contribution in [2.75, 3.05) is 30.9 Å². The maximum atomic E-state index is 6.11. The fourth-order valence-corrected chi connectivity index (χ4v) is 2.55. The molecule has 1 rings (SSSR count). The van der Waals surface area contributed by atoms with Crippen LogP contribution in [0, 0.1) is 0 Å². The zero-order chi connectivity index (χ0) is 14.4. The molecule has 0 spiro atoms. The maximum absolute atomic E-state index is 6.11. The van der Waals surface area contributed by atoms with E-state index in [-0.39, 0.29) is 0 Å². The highest BCUT2D eigenvalue weighted by atomic mass is 35.5. The molecule has 1 aromatic rings. The van der Waals surface area contributed by atoms with E-state index in [0.717, 1.165) is 25.1 Å². The van der Waals surface area contributed by atoms with Gasteiger partial charge in [-0.15, -0.1) is 0 Å². The van der Waals surface area contributed by atoms with Crippen LogP contribution in [0.15, 0.2) is 12.1 Å². The van der Waals surface area contributed by atoms with Gasteiger partial charge in [0.2, 0.25) is 0 Å². The minimum Gasteiger partial charge on any atom is -0.397 e. The lowest BCUT2D eigenvalue weighted by atomic mass is 10.1. The first-order valence-electron chi connectivity index (χ1n) is 6.55. The van der Waals surface area contributed by atoms with Crippen LogP contribution in [0.1, 0.15) is 26.7 Å². The van der Waals surface area contributed by atoms with Crippen LogP contribution in [-0.4, -0.2) is 26.3 Å². The molecule has 0 aliphatic rings. The van der Waals surface area contributed by atoms with E-state index in [0.29, 0.717) is 28.4 Å². The van der Waals surface area contributed by atoms with Gasteiger partial charge in [0.15, 0.2) is 0 Å². The molecule has 0 saturated heterocycles. The molecule has 0 aliphatic heterocycles. The monoisotopic (exact) mass is 304 g/mol. The van der Waals surface area contributed by atoms with Crippen molar-refractivity contribution in [3.8, 4) is 0 Å². The Bertz CT molecular complexity index is 409. The van der Waals surface area contributed by atoms with Gasteiger partial charge in [0.05, 0.1) is 28.0 Å². The minimum atomic E-state index is 0.412. The van der Waals surface area contributed by atoms with Crippen LogP contribution in [0.2, 0.25) is 10.0 Å². The van der Waals surface area contributed by atoms with E-state index in [1.54, 1.807) is 13.2 Å². The zero-order valence-electron chi connectivity index (χ0n) is 11.7. The van der Waals surface area contributed by atoms with Crippen LogP contribution >= 0.6 is 23.2 Å². The Morgan fingerprint density at radius 2 is 1.79 bits per heavy atom. The molecular weight excluding hydrogens is 283 g/mol. The quantitative estimate of drug-likeness (QED) is 0.767. The normalized spacial score (nSPS) is 11.1. The largest absolute Gasteiger partial charge is 0.397 e. The lowest BCUT2D eigenvalue weighted by molar-refractivity contribution is 0.202. The Kier molecular flexibility index (Phi) is 6.76. The fourth-order valence-electron chi connectivity index (χ4n) is 2.22. The van der Waals surface area contributed by atoms with Crippen LogP contribution in [-0.2, 0) is 4.74 Å². The molecule has 5 heteroatoms. The summed E-state index contributed by atoms with van der Waals surface area (Å²) in [6.07, 6.45) is 2.08. The Balaban J connectivity index is 3.12. The van der Waals surface area contributed by atoms with Gasteiger partial charge in [-0.2, -0.15) is 0 Å². The summed E-state index contributed by atoms with van der Waals surface area (Å²) < 4.78 is 5.19. The summed E-state index contributed by atoms with van der Waals surface area (Å²) in [5.74, 6) is 0. The first kappa shape index (κ1) is 16.4. The molecule has 0 aromatic heterocycles. The zero-order valence-corrected chi connectivity index (χ0v) is 13.3. The number of nitrogens with zero attached hydrogens (tertiary/aromatic N) is 1. The van der Waals surface area contributed by atoms with E-state index in [1.165, 1.54) is 0 Å². The van der Waals surface area contributed by atoms with Crippen LogP contribution in [0.3, 0.4) is 0 Å². The van der Waals surface area contributed by atoms with Gasteiger partial charge in [-0.1, -0.05) is 37.0 Å². The van der Waals surface area contributed by atoms with Crippen molar-refractivity contribution in [3.63, 3.8) is 0 Å². The van der Waals surface area contributed by atoms with Gasteiger partial charge in [-0.3, -0.25) is 0 Å². The summed E-state index contributed by atoms with van der Waals surface area (Å²) in [5.41, 5.74) is 7.67. The second kappa shape index (κ2) is 7.83. The number of methoxy groups -OCH3 is 1. The number of anilines is 2. The topological polar surface area (TPSA) is 38.5 Å². The third kappa shape index (κ3) is 4.16. The van der Waals surface area contributed by atoms with Gasteiger partial charge in [-0.05, 0) is 25.0 Å². The minimum absolute atomic E-state index is 0.412. The molecule has 2 N–H and O–H groups in total. The summed E-state index contributed by atoms with van der Waals surface area (Å²) in [7, 11) is 1.70. The molecule has 0 heterocycles. The van der Waals surface area contributed by atoms with Crippen molar-refractivity contribution in [2.45, 2.75) is 32.7 Å². The average molecular weight is 305 g/mol. The molecule has 19 heavy (non-hydrogen) atoms. The Labute approximate surface area is 125 Å². The molecule has 0 bridgehead atoms. The number of rotatable bonds is 7. The number of halogens is 2. The highest BCUT2D eigenvalue weighted by molar-refractivity contribution is 6.42. The molecule has 1 aromatic carbocycles. The van der Waals surface area contributed by atoms with Crippen LogP contribution in [0.5, 0.6) is 0 Å². The molecule has 108 valence electrons. The van der Waals surface area contributed by atoms with Gasteiger partial charge in [0.25, 0.3) is 0 Å². The molecule has 0 unspecified atom stereocenters. The second-order valence-corrected chi connectivity index (χ2v) is 5.30. The van der Waals surface area contributed by atoms with Crippen molar-refractivity contribution in [1.29, 1.82) is 0 Å². The molecule has 0 radical (unpaired) electrons. The predicted molar refractivity (Wildman–Crippen MR) is 84.5 cm³/mol. The summed E-state index contributed by atoms with van der Waals surface area (Å²) in [6, 6.07) is 3.96. The molecule has 0 amide bonds. The molecule has 0 fully saturated rings. The number of ether oxygens (including phenoxy) is 1. The highest BCUT2D eigenvalue weighted by Crippen LogP contribution is 2.34. The Hall–Kier alpha value is -0.640. The number of benzene rings is 1. The Morgan fingerprint density at radius 3 is 2.32 bits per heavy atom. The Morgan fingerprint density at radius 1 is 1.21 bits per heavy atom. The average Bonchev–Trinajstić information content (AvgIpc) is 2.39. The van der Waals surface area contributed by atoms with E-state index >= 15 is 0 Å². The van der Waals surface area contributed by atoms with Crippen molar-refractivity contribution in [1.82, 2.24) is 0 Å². The van der Waals surface area contributed by atoms with Gasteiger partial charge in [0.1, 0.15) is 0 Å². The lowest BCUT2D eigenvalue weighted by Crippen LogP contribution is -2.37. The first-order chi connectivity index (χ1) is 9.04. The van der Waals surface area contributed by atoms with Crippen LogP contribution < -0.4 is 10.6 Å². The predicted octanol–water partition coefficient (Wildman–Crippen LogP) is 4.22. The smallest absolute Gasteiger partial charge is 0.0637 e. The molecule has 3 nitrogen and oxygen atoms in total. The molecular formula is C14H22Cl2N2O. The SMILES string of the molecule is CCC(CC)N(CCOC)c1cc(Cl)c(Cl)cc1N. The van der Waals surface area contributed by atoms with Gasteiger partial charge in [0, 0.05) is 19.7 Å². The fraction of sp³-hybridized carbons (Fsp3) is 0.571. The third-order valence-corrected chi connectivity index (χ3v) is 4.02. The van der Waals surface area contributed by atoms with E-state index in [9.17, 15) is 0 Å². The highest BCUT2D eigenvalue weighted by Gasteiger charge is 2.19. The van der Waals surface area contributed by atoms with E-state index in [4.69, 9.17) is 33.7 Å². The number of nitrogens with two attached hydrogens (primary N) is 1. The summed E-state index contributed by atoms with van der Waals surface area (Å²) in [4.78, 5) is 2.25. The van der Waals surface area contributed by atoms with Gasteiger partial charge in [-0.25, -0.2) is 0 Å². The van der Waals surface area contributed by atoms with Crippen molar-refractivity contribution in [2.24, 2.45) is 0 Å². The van der Waals surface area contributed by atoms with E-state index in [1.807, 2.05) is 6.07 Å². The van der Waals surface area contributed by atoms with Crippen molar-refractivity contribution < 1.29 is 4.74 Å². The van der Waals surface area contributed by atoms with Crippen LogP contribution in [0.25, 0.3) is 0 Å². The van der Waals surface area contributed by atoms with Crippen LogP contribution in [0.4, 0.5) is 11.4 Å². The molecule has 0 saturated carbocycles. The van der Waals surface area contributed by atoms with Crippen molar-refractivity contribution in [3.05, 3.63) is 22.2 Å². The number of hydrogen-bond donors (Lipinski definition) is 1. The van der Waals surface area contributed by atoms with Crippen molar-refractivity contribution >= 4 is 34.6 Å². The maximum Gasteiger partial charge on any atom is 0.0637 e. The van der Waals surface area contributed by atoms with Gasteiger partial charge >= 0.3 is 0 Å². The standard InChI is InChI=1S/C14H22Cl2N2O/c1-4-10(5-2)18(6-7-19-3)14-9-12(16)11(15)8-13(14)17/h8-10H,4-7,17H2,1-3H3. The third-order valence-electron chi connectivity index (χ3n) is 3.30. The summed E-state index contributed by atoms with van der Waals surface area (Å²) >= 11 is 12.1. The second-order valence-electron chi connectivity index (χ2n) is 4.48. The lowest BCUT2D eigenvalue weighted by Gasteiger charge is -2.33.